The summed E-state index contributed by atoms with van der Waals surface area (Å²) >= 11 is 0. The van der Waals surface area contributed by atoms with Crippen molar-refractivity contribution in [2.24, 2.45) is 5.41 Å². The Labute approximate surface area is 174 Å². The lowest BCUT2D eigenvalue weighted by Crippen LogP contribution is -2.39. The van der Waals surface area contributed by atoms with Crippen LogP contribution in [0.2, 0.25) is 0 Å². The zero-order valence-corrected chi connectivity index (χ0v) is 17.8. The molecule has 6 nitrogen and oxygen atoms in total. The van der Waals surface area contributed by atoms with E-state index < -0.39 is 16.7 Å². The average Bonchev–Trinajstić information content (AvgIpc) is 3.27. The molecule has 3 N–H and O–H groups in total. The molecule has 2 atom stereocenters. The fourth-order valence-electron chi connectivity index (χ4n) is 3.97. The second-order valence-corrected chi connectivity index (χ2v) is 9.02. The number of aryl methyl sites for hydroxylation is 1. The summed E-state index contributed by atoms with van der Waals surface area (Å²) < 4.78 is 20.4. The standard InChI is InChI=1S/C23H26FN3O3/c1-11-6-9-16(30-11)22(23(3,4)5)27-19-18(20(28)21(19)29)26-17-14-10-25-12(2)13(14)7-8-15(17)24/h6-9,12,22,25-27H,10H2,1-5H3/t12-,22-/m0/s1. The summed E-state index contributed by atoms with van der Waals surface area (Å²) in [6.07, 6.45) is 0. The lowest BCUT2D eigenvalue weighted by atomic mass is 9.85. The van der Waals surface area contributed by atoms with E-state index in [1.54, 1.807) is 6.07 Å². The van der Waals surface area contributed by atoms with E-state index in [0.29, 0.717) is 12.3 Å². The molecule has 7 heteroatoms. The maximum Gasteiger partial charge on any atom is 0.253 e. The largest absolute Gasteiger partial charge is 0.464 e. The molecule has 1 aliphatic heterocycles. The molecule has 0 bridgehead atoms. The summed E-state index contributed by atoms with van der Waals surface area (Å²) in [6, 6.07) is 6.59. The van der Waals surface area contributed by atoms with Crippen LogP contribution in [0.4, 0.5) is 21.5 Å². The highest BCUT2D eigenvalue weighted by Gasteiger charge is 2.33. The zero-order valence-electron chi connectivity index (χ0n) is 17.8. The van der Waals surface area contributed by atoms with Crippen LogP contribution in [0.5, 0.6) is 0 Å². The zero-order chi connectivity index (χ0) is 21.8. The average molecular weight is 411 g/mol. The van der Waals surface area contributed by atoms with Crippen molar-refractivity contribution >= 4 is 17.1 Å². The number of benzene rings is 1. The van der Waals surface area contributed by atoms with Gasteiger partial charge in [0, 0.05) is 12.6 Å². The normalized spacial score (nSPS) is 17.2. The van der Waals surface area contributed by atoms with Crippen LogP contribution in [0, 0.1) is 18.2 Å². The van der Waals surface area contributed by atoms with Gasteiger partial charge in [-0.25, -0.2) is 4.39 Å². The van der Waals surface area contributed by atoms with E-state index in [2.05, 4.69) is 16.0 Å². The number of fused-ring (bicyclic) bond motifs is 1. The number of hydrogen-bond acceptors (Lipinski definition) is 6. The lowest BCUT2D eigenvalue weighted by molar-refractivity contribution is 0.300. The smallest absolute Gasteiger partial charge is 0.253 e. The summed E-state index contributed by atoms with van der Waals surface area (Å²) in [6.45, 7) is 10.4. The van der Waals surface area contributed by atoms with E-state index in [0.717, 1.165) is 16.9 Å². The van der Waals surface area contributed by atoms with E-state index in [1.165, 1.54) is 6.07 Å². The molecule has 0 unspecified atom stereocenters. The minimum absolute atomic E-state index is 0.0874. The van der Waals surface area contributed by atoms with Crippen molar-refractivity contribution in [3.63, 3.8) is 0 Å². The van der Waals surface area contributed by atoms with Crippen LogP contribution in [-0.4, -0.2) is 0 Å². The van der Waals surface area contributed by atoms with Crippen molar-refractivity contribution in [2.45, 2.75) is 53.2 Å². The van der Waals surface area contributed by atoms with Crippen LogP contribution < -0.4 is 26.8 Å². The third-order valence-corrected chi connectivity index (χ3v) is 5.71. The van der Waals surface area contributed by atoms with Gasteiger partial charge in [0.05, 0.1) is 11.7 Å². The molecule has 2 heterocycles. The highest BCUT2D eigenvalue weighted by Crippen LogP contribution is 2.39. The number of rotatable bonds is 5. The van der Waals surface area contributed by atoms with Crippen LogP contribution in [0.15, 0.2) is 38.3 Å². The number of furan rings is 1. The molecule has 158 valence electrons. The molecule has 0 amide bonds. The number of nitrogens with one attached hydrogen (secondary N) is 3. The van der Waals surface area contributed by atoms with E-state index in [4.69, 9.17) is 4.42 Å². The Morgan fingerprint density at radius 1 is 1.10 bits per heavy atom. The Hall–Kier alpha value is -2.93. The molecule has 0 spiro atoms. The van der Waals surface area contributed by atoms with Gasteiger partial charge in [-0.2, -0.15) is 0 Å². The summed E-state index contributed by atoms with van der Waals surface area (Å²) in [7, 11) is 0. The fourth-order valence-corrected chi connectivity index (χ4v) is 3.97. The lowest BCUT2D eigenvalue weighted by Gasteiger charge is -2.31. The molecule has 2 aromatic carbocycles. The van der Waals surface area contributed by atoms with Crippen molar-refractivity contribution in [3.8, 4) is 0 Å². The molecular formula is C23H26FN3O3. The van der Waals surface area contributed by atoms with Crippen LogP contribution >= 0.6 is 0 Å². The van der Waals surface area contributed by atoms with E-state index in [1.807, 2.05) is 46.8 Å². The van der Waals surface area contributed by atoms with Gasteiger partial charge >= 0.3 is 0 Å². The van der Waals surface area contributed by atoms with Gasteiger partial charge in [0.15, 0.2) is 0 Å². The Kier molecular flexibility index (Phi) is 4.81. The molecule has 1 aromatic heterocycles. The molecular weight excluding hydrogens is 385 g/mol. The van der Waals surface area contributed by atoms with Crippen molar-refractivity contribution in [3.05, 3.63) is 73.2 Å². The first-order chi connectivity index (χ1) is 14.1. The van der Waals surface area contributed by atoms with Crippen LogP contribution in [0.3, 0.4) is 0 Å². The van der Waals surface area contributed by atoms with Crippen LogP contribution in [0.25, 0.3) is 0 Å². The van der Waals surface area contributed by atoms with Gasteiger partial charge in [0.2, 0.25) is 0 Å². The topological polar surface area (TPSA) is 83.4 Å². The Balaban J connectivity index is 1.70. The van der Waals surface area contributed by atoms with Gasteiger partial charge in [-0.1, -0.05) is 26.8 Å². The fraction of sp³-hybridized carbons (Fsp3) is 0.391. The van der Waals surface area contributed by atoms with Crippen LogP contribution in [-0.2, 0) is 6.54 Å². The maximum absolute atomic E-state index is 14.6. The van der Waals surface area contributed by atoms with E-state index >= 15 is 0 Å². The predicted molar refractivity (Wildman–Crippen MR) is 116 cm³/mol. The second kappa shape index (κ2) is 7.09. The SMILES string of the molecule is Cc1ccc([C@H](Nc2c(Nc3c(F)ccc4c3CN[C@H]4C)c(=O)c2=O)C(C)(C)C)o1. The number of anilines is 3. The van der Waals surface area contributed by atoms with Crippen molar-refractivity contribution in [2.75, 3.05) is 10.6 Å². The third-order valence-electron chi connectivity index (χ3n) is 5.71. The predicted octanol–water partition coefficient (Wildman–Crippen LogP) is 4.43. The van der Waals surface area contributed by atoms with E-state index in [-0.39, 0.29) is 34.6 Å². The number of hydrogen-bond donors (Lipinski definition) is 3. The Morgan fingerprint density at radius 2 is 1.80 bits per heavy atom. The second-order valence-electron chi connectivity index (χ2n) is 9.02. The first-order valence-electron chi connectivity index (χ1n) is 10.1. The van der Waals surface area contributed by atoms with Gasteiger partial charge in [0.1, 0.15) is 28.7 Å². The van der Waals surface area contributed by atoms with Gasteiger partial charge in [-0.3, -0.25) is 9.59 Å². The van der Waals surface area contributed by atoms with Crippen LogP contribution in [0.1, 0.15) is 62.4 Å². The summed E-state index contributed by atoms with van der Waals surface area (Å²) in [4.78, 5) is 24.7. The molecule has 0 saturated carbocycles. The van der Waals surface area contributed by atoms with Gasteiger partial charge in [-0.05, 0) is 48.6 Å². The van der Waals surface area contributed by atoms with E-state index in [9.17, 15) is 14.0 Å². The maximum atomic E-state index is 14.6. The molecule has 4 rings (SSSR count). The summed E-state index contributed by atoms with van der Waals surface area (Å²) in [5.41, 5.74) is 0.655. The quantitative estimate of drug-likeness (QED) is 0.539. The highest BCUT2D eigenvalue weighted by atomic mass is 19.1. The Morgan fingerprint density at radius 3 is 2.43 bits per heavy atom. The van der Waals surface area contributed by atoms with Gasteiger partial charge in [-0.15, -0.1) is 0 Å². The molecule has 0 aliphatic carbocycles. The van der Waals surface area contributed by atoms with Gasteiger partial charge in [0.25, 0.3) is 10.9 Å². The Bertz CT molecular complexity index is 1180. The highest BCUT2D eigenvalue weighted by molar-refractivity contribution is 5.80. The molecule has 0 fully saturated rings. The molecule has 1 aliphatic rings. The van der Waals surface area contributed by atoms with Crippen molar-refractivity contribution in [1.82, 2.24) is 5.32 Å². The number of halogens is 1. The van der Waals surface area contributed by atoms with Crippen molar-refractivity contribution in [1.29, 1.82) is 0 Å². The first kappa shape index (κ1) is 20.3. The molecule has 0 saturated heterocycles. The summed E-state index contributed by atoms with van der Waals surface area (Å²) in [5, 5.41) is 9.36. The minimum Gasteiger partial charge on any atom is -0.464 e. The molecule has 0 radical (unpaired) electrons. The monoisotopic (exact) mass is 411 g/mol. The van der Waals surface area contributed by atoms with Crippen molar-refractivity contribution < 1.29 is 8.81 Å². The molecule has 30 heavy (non-hydrogen) atoms. The minimum atomic E-state index is -0.656. The first-order valence-corrected chi connectivity index (χ1v) is 10.1. The van der Waals surface area contributed by atoms with Gasteiger partial charge < -0.3 is 20.4 Å². The third kappa shape index (κ3) is 3.33. The summed E-state index contributed by atoms with van der Waals surface area (Å²) in [5.74, 6) is 0.967. The molecule has 3 aromatic rings.